The molecule has 0 aliphatic carbocycles. The second-order valence-corrected chi connectivity index (χ2v) is 7.04. The number of carbonyl (C=O) groups is 1. The minimum absolute atomic E-state index is 0.250. The lowest BCUT2D eigenvalue weighted by atomic mass is 10.1. The highest BCUT2D eigenvalue weighted by atomic mass is 19.4. The summed E-state index contributed by atoms with van der Waals surface area (Å²) in [5.74, 6) is 0.250. The minimum atomic E-state index is -4.32. The van der Waals surface area contributed by atoms with Crippen molar-refractivity contribution in [1.29, 1.82) is 0 Å². The Morgan fingerprint density at radius 2 is 1.88 bits per heavy atom. The van der Waals surface area contributed by atoms with Gasteiger partial charge in [-0.1, -0.05) is 0 Å². The van der Waals surface area contributed by atoms with Crippen LogP contribution in [0.25, 0.3) is 0 Å². The molecule has 1 N–H and O–H groups in total. The maximum absolute atomic E-state index is 12.5. The lowest BCUT2D eigenvalue weighted by Gasteiger charge is -2.24. The average Bonchev–Trinajstić information content (AvgIpc) is 2.92. The van der Waals surface area contributed by atoms with E-state index in [0.717, 1.165) is 18.6 Å². The van der Waals surface area contributed by atoms with Crippen molar-refractivity contribution in [3.8, 4) is 0 Å². The van der Waals surface area contributed by atoms with Gasteiger partial charge in [-0.15, -0.1) is 0 Å². The van der Waals surface area contributed by atoms with Crippen LogP contribution in [0.15, 0.2) is 24.3 Å². The maximum atomic E-state index is 12.5. The standard InChI is InChI=1S/C17H23F3N2O2/c1-16(2,3)24-15(23)22-9-8-12(11-22)10-21-14-6-4-13(5-7-14)17(18,19)20/h4-7,12,21H,8-11H2,1-3H3. The molecule has 2 rings (SSSR count). The molecule has 1 amide bonds. The van der Waals surface area contributed by atoms with E-state index >= 15 is 0 Å². The SMILES string of the molecule is CC(C)(C)OC(=O)N1CCC(CNc2ccc(C(F)(F)F)cc2)C1. The third-order valence-electron chi connectivity index (χ3n) is 3.74. The summed E-state index contributed by atoms with van der Waals surface area (Å²) in [6, 6.07) is 4.96. The number of carbonyl (C=O) groups excluding carboxylic acids is 1. The Hall–Kier alpha value is -1.92. The second kappa shape index (κ2) is 6.91. The van der Waals surface area contributed by atoms with Crippen molar-refractivity contribution in [3.63, 3.8) is 0 Å². The van der Waals surface area contributed by atoms with Gasteiger partial charge in [0, 0.05) is 25.3 Å². The maximum Gasteiger partial charge on any atom is 0.416 e. The van der Waals surface area contributed by atoms with Gasteiger partial charge in [0.25, 0.3) is 0 Å². The van der Waals surface area contributed by atoms with Crippen LogP contribution in [0.5, 0.6) is 0 Å². The van der Waals surface area contributed by atoms with Gasteiger partial charge in [0.1, 0.15) is 5.60 Å². The van der Waals surface area contributed by atoms with Gasteiger partial charge in [0.05, 0.1) is 5.56 Å². The van der Waals surface area contributed by atoms with Crippen molar-refractivity contribution in [2.75, 3.05) is 25.0 Å². The molecule has 0 aromatic heterocycles. The van der Waals surface area contributed by atoms with Crippen LogP contribution in [0.3, 0.4) is 0 Å². The zero-order valence-corrected chi connectivity index (χ0v) is 14.1. The summed E-state index contributed by atoms with van der Waals surface area (Å²) in [5.41, 5.74) is -0.545. The molecule has 1 aliphatic heterocycles. The number of likely N-dealkylation sites (tertiary alicyclic amines) is 1. The zero-order valence-electron chi connectivity index (χ0n) is 14.1. The number of hydrogen-bond donors (Lipinski definition) is 1. The van der Waals surface area contributed by atoms with Crippen molar-refractivity contribution in [1.82, 2.24) is 4.90 Å². The molecule has 1 aliphatic rings. The third-order valence-corrected chi connectivity index (χ3v) is 3.74. The number of anilines is 1. The lowest BCUT2D eigenvalue weighted by molar-refractivity contribution is -0.137. The number of nitrogens with zero attached hydrogens (tertiary/aromatic N) is 1. The number of alkyl halides is 3. The summed E-state index contributed by atoms with van der Waals surface area (Å²) in [5, 5.41) is 3.13. The highest BCUT2D eigenvalue weighted by Crippen LogP contribution is 2.30. The van der Waals surface area contributed by atoms with Gasteiger partial charge in [-0.25, -0.2) is 4.79 Å². The van der Waals surface area contributed by atoms with E-state index in [4.69, 9.17) is 4.74 Å². The Balaban J connectivity index is 1.81. The molecule has 0 radical (unpaired) electrons. The van der Waals surface area contributed by atoms with Gasteiger partial charge >= 0.3 is 12.3 Å². The van der Waals surface area contributed by atoms with Gasteiger partial charge in [0.15, 0.2) is 0 Å². The van der Waals surface area contributed by atoms with E-state index in [0.29, 0.717) is 25.3 Å². The smallest absolute Gasteiger partial charge is 0.416 e. The van der Waals surface area contributed by atoms with Crippen molar-refractivity contribution >= 4 is 11.8 Å². The first-order chi connectivity index (χ1) is 11.0. The normalized spacial score (nSPS) is 18.6. The third kappa shape index (κ3) is 5.32. The molecule has 1 unspecified atom stereocenters. The van der Waals surface area contributed by atoms with Crippen LogP contribution in [-0.2, 0) is 10.9 Å². The Labute approximate surface area is 140 Å². The fourth-order valence-corrected chi connectivity index (χ4v) is 2.53. The van der Waals surface area contributed by atoms with E-state index in [1.54, 1.807) is 4.90 Å². The van der Waals surface area contributed by atoms with Gasteiger partial charge < -0.3 is 15.0 Å². The molecule has 0 saturated carbocycles. The second-order valence-electron chi connectivity index (χ2n) is 7.04. The number of nitrogens with one attached hydrogen (secondary N) is 1. The molecule has 1 aromatic rings. The van der Waals surface area contributed by atoms with Gasteiger partial charge in [-0.2, -0.15) is 13.2 Å². The van der Waals surface area contributed by atoms with Gasteiger partial charge in [0.2, 0.25) is 0 Å². The molecular formula is C17H23F3N2O2. The molecular weight excluding hydrogens is 321 g/mol. The average molecular weight is 344 g/mol. The van der Waals surface area contributed by atoms with Crippen LogP contribution in [-0.4, -0.2) is 36.2 Å². The molecule has 0 spiro atoms. The van der Waals surface area contributed by atoms with E-state index in [9.17, 15) is 18.0 Å². The number of ether oxygens (including phenoxy) is 1. The molecule has 1 atom stereocenters. The molecule has 7 heteroatoms. The monoisotopic (exact) mass is 344 g/mol. The van der Waals surface area contributed by atoms with E-state index in [-0.39, 0.29) is 12.0 Å². The van der Waals surface area contributed by atoms with Crippen LogP contribution in [0, 0.1) is 5.92 Å². The van der Waals surface area contributed by atoms with Crippen molar-refractivity contribution in [2.24, 2.45) is 5.92 Å². The summed E-state index contributed by atoms with van der Waals surface area (Å²) in [4.78, 5) is 13.7. The molecule has 134 valence electrons. The van der Waals surface area contributed by atoms with Crippen LogP contribution in [0.1, 0.15) is 32.8 Å². The molecule has 1 saturated heterocycles. The van der Waals surface area contributed by atoms with Gasteiger partial charge in [-0.3, -0.25) is 0 Å². The molecule has 1 heterocycles. The number of rotatable bonds is 3. The van der Waals surface area contributed by atoms with E-state index < -0.39 is 17.3 Å². The molecule has 0 bridgehead atoms. The van der Waals surface area contributed by atoms with Crippen molar-refractivity contribution < 1.29 is 22.7 Å². The van der Waals surface area contributed by atoms with E-state index in [2.05, 4.69) is 5.32 Å². The molecule has 1 fully saturated rings. The van der Waals surface area contributed by atoms with Gasteiger partial charge in [-0.05, 0) is 57.4 Å². The number of hydrogen-bond acceptors (Lipinski definition) is 3. The number of benzene rings is 1. The first kappa shape index (κ1) is 18.4. The molecule has 4 nitrogen and oxygen atoms in total. The predicted molar refractivity (Wildman–Crippen MR) is 85.8 cm³/mol. The Bertz CT molecular complexity index is 565. The summed E-state index contributed by atoms with van der Waals surface area (Å²) in [7, 11) is 0. The number of amides is 1. The Morgan fingerprint density at radius 1 is 1.25 bits per heavy atom. The lowest BCUT2D eigenvalue weighted by Crippen LogP contribution is -2.35. The van der Waals surface area contributed by atoms with Crippen LogP contribution >= 0.6 is 0 Å². The summed E-state index contributed by atoms with van der Waals surface area (Å²) in [6.45, 7) is 7.29. The first-order valence-electron chi connectivity index (χ1n) is 7.94. The largest absolute Gasteiger partial charge is 0.444 e. The van der Waals surface area contributed by atoms with E-state index in [1.807, 2.05) is 20.8 Å². The highest BCUT2D eigenvalue weighted by molar-refractivity contribution is 5.68. The first-order valence-corrected chi connectivity index (χ1v) is 7.94. The summed E-state index contributed by atoms with van der Waals surface area (Å²) >= 11 is 0. The quantitative estimate of drug-likeness (QED) is 0.885. The molecule has 1 aromatic carbocycles. The zero-order chi connectivity index (χ0) is 18.0. The summed E-state index contributed by atoms with van der Waals surface area (Å²) in [6.07, 6.45) is -3.80. The topological polar surface area (TPSA) is 41.6 Å². The fraction of sp³-hybridized carbons (Fsp3) is 0.588. The Kier molecular flexibility index (Phi) is 5.30. The minimum Gasteiger partial charge on any atom is -0.444 e. The predicted octanol–water partition coefficient (Wildman–Crippen LogP) is 4.37. The van der Waals surface area contributed by atoms with Crippen LogP contribution in [0.4, 0.5) is 23.7 Å². The Morgan fingerprint density at radius 3 is 2.42 bits per heavy atom. The molecule has 24 heavy (non-hydrogen) atoms. The van der Waals surface area contributed by atoms with Crippen LogP contribution < -0.4 is 5.32 Å². The summed E-state index contributed by atoms with van der Waals surface area (Å²) < 4.78 is 42.9. The van der Waals surface area contributed by atoms with Crippen molar-refractivity contribution in [3.05, 3.63) is 29.8 Å². The number of halogens is 3. The van der Waals surface area contributed by atoms with Crippen molar-refractivity contribution in [2.45, 2.75) is 39.0 Å². The fourth-order valence-electron chi connectivity index (χ4n) is 2.53. The highest BCUT2D eigenvalue weighted by Gasteiger charge is 2.31. The van der Waals surface area contributed by atoms with Crippen LogP contribution in [0.2, 0.25) is 0 Å². The van der Waals surface area contributed by atoms with E-state index in [1.165, 1.54) is 12.1 Å².